The number of fused-ring (bicyclic) bond motifs is 1. The summed E-state index contributed by atoms with van der Waals surface area (Å²) in [5.41, 5.74) is 3.60. The molecule has 28 heavy (non-hydrogen) atoms. The molecule has 2 N–H and O–H groups in total. The lowest BCUT2D eigenvalue weighted by molar-refractivity contribution is -0.132. The van der Waals surface area contributed by atoms with Gasteiger partial charge in [-0.15, -0.1) is 24.0 Å². The number of benzene rings is 1. The van der Waals surface area contributed by atoms with Gasteiger partial charge in [0.05, 0.1) is 12.2 Å². The fourth-order valence-corrected chi connectivity index (χ4v) is 3.21. The van der Waals surface area contributed by atoms with E-state index in [-0.39, 0.29) is 29.9 Å². The molecule has 0 aliphatic carbocycles. The molecule has 2 aromatic rings. The van der Waals surface area contributed by atoms with Crippen LogP contribution in [-0.2, 0) is 24.3 Å². The zero-order valence-electron chi connectivity index (χ0n) is 16.2. The van der Waals surface area contributed by atoms with Crippen molar-refractivity contribution >= 4 is 35.8 Å². The van der Waals surface area contributed by atoms with Crippen LogP contribution in [0.5, 0.6) is 0 Å². The average molecular weight is 493 g/mol. The molecule has 1 aromatic carbocycles. The number of hydrogen-bond donors (Lipinski definition) is 2. The van der Waals surface area contributed by atoms with Crippen molar-refractivity contribution in [3.63, 3.8) is 0 Å². The Bertz CT molecular complexity index is 781. The number of guanidine groups is 1. The molecule has 0 unspecified atom stereocenters. The average Bonchev–Trinajstić information content (AvgIpc) is 2.73. The molecule has 6 nitrogen and oxygen atoms in total. The van der Waals surface area contributed by atoms with Crippen LogP contribution in [0.2, 0.25) is 0 Å². The van der Waals surface area contributed by atoms with Gasteiger partial charge in [0.25, 0.3) is 0 Å². The van der Waals surface area contributed by atoms with Crippen LogP contribution in [-0.4, -0.2) is 41.9 Å². The van der Waals surface area contributed by atoms with E-state index in [1.165, 1.54) is 11.1 Å². The number of aliphatic imine (C=N–C) groups is 1. The molecule has 1 aromatic heterocycles. The standard InChI is InChI=1S/C21H27N5O.HI/c1-22-21(25-15-19-9-4-5-12-23-19)24-13-6-10-20(27)26-14-11-17-7-2-3-8-18(17)16-26;/h2-5,7-9,12H,6,10-11,13-16H2,1H3,(H2,22,24,25);1H. The van der Waals surface area contributed by atoms with Crippen molar-refractivity contribution < 1.29 is 4.79 Å². The molecule has 7 heteroatoms. The summed E-state index contributed by atoms with van der Waals surface area (Å²) >= 11 is 0. The first kappa shape index (κ1) is 22.1. The quantitative estimate of drug-likeness (QED) is 0.281. The molecular weight excluding hydrogens is 465 g/mol. The molecule has 0 fully saturated rings. The Hall–Kier alpha value is -2.16. The Balaban J connectivity index is 0.00000280. The number of nitrogens with zero attached hydrogens (tertiary/aromatic N) is 3. The fraction of sp³-hybridized carbons (Fsp3) is 0.381. The van der Waals surface area contributed by atoms with Crippen LogP contribution in [0.1, 0.15) is 29.7 Å². The maximum absolute atomic E-state index is 12.5. The summed E-state index contributed by atoms with van der Waals surface area (Å²) in [6.07, 6.45) is 4.05. The third-order valence-corrected chi connectivity index (χ3v) is 4.73. The number of nitrogens with one attached hydrogen (secondary N) is 2. The van der Waals surface area contributed by atoms with Crippen LogP contribution in [0.4, 0.5) is 0 Å². The highest BCUT2D eigenvalue weighted by Gasteiger charge is 2.19. The lowest BCUT2D eigenvalue weighted by Crippen LogP contribution is -2.38. The Morgan fingerprint density at radius 1 is 1.14 bits per heavy atom. The fourth-order valence-electron chi connectivity index (χ4n) is 3.21. The summed E-state index contributed by atoms with van der Waals surface area (Å²) in [6.45, 7) is 2.87. The van der Waals surface area contributed by atoms with E-state index in [2.05, 4.69) is 38.8 Å². The topological polar surface area (TPSA) is 69.6 Å². The molecule has 0 saturated heterocycles. The molecule has 3 rings (SSSR count). The van der Waals surface area contributed by atoms with E-state index in [0.717, 1.165) is 37.6 Å². The number of rotatable bonds is 6. The maximum atomic E-state index is 12.5. The Morgan fingerprint density at radius 2 is 1.93 bits per heavy atom. The van der Waals surface area contributed by atoms with E-state index in [9.17, 15) is 4.79 Å². The Labute approximate surface area is 183 Å². The van der Waals surface area contributed by atoms with Crippen LogP contribution in [0.3, 0.4) is 0 Å². The smallest absolute Gasteiger partial charge is 0.222 e. The van der Waals surface area contributed by atoms with Crippen LogP contribution in [0.15, 0.2) is 53.7 Å². The number of pyridine rings is 1. The van der Waals surface area contributed by atoms with E-state index in [1.54, 1.807) is 13.2 Å². The lowest BCUT2D eigenvalue weighted by atomic mass is 9.99. The normalized spacial score (nSPS) is 13.3. The van der Waals surface area contributed by atoms with Crippen molar-refractivity contribution in [1.29, 1.82) is 0 Å². The Morgan fingerprint density at radius 3 is 2.68 bits per heavy atom. The van der Waals surface area contributed by atoms with E-state index in [1.807, 2.05) is 29.2 Å². The second-order valence-corrected chi connectivity index (χ2v) is 6.61. The molecule has 1 aliphatic heterocycles. The predicted octanol–water partition coefficient (Wildman–Crippen LogP) is 2.73. The largest absolute Gasteiger partial charge is 0.356 e. The zero-order valence-corrected chi connectivity index (χ0v) is 18.6. The van der Waals surface area contributed by atoms with E-state index in [0.29, 0.717) is 19.5 Å². The summed E-state index contributed by atoms with van der Waals surface area (Å²) in [5, 5.41) is 6.48. The number of aromatic nitrogens is 1. The molecule has 0 spiro atoms. The summed E-state index contributed by atoms with van der Waals surface area (Å²) in [7, 11) is 1.74. The summed E-state index contributed by atoms with van der Waals surface area (Å²) in [5.74, 6) is 0.947. The minimum Gasteiger partial charge on any atom is -0.356 e. The second-order valence-electron chi connectivity index (χ2n) is 6.61. The summed E-state index contributed by atoms with van der Waals surface area (Å²) in [6, 6.07) is 14.2. The SMILES string of the molecule is CN=C(NCCCC(=O)N1CCc2ccccc2C1)NCc1ccccn1.I. The molecule has 0 atom stereocenters. The van der Waals surface area contributed by atoms with Crippen LogP contribution < -0.4 is 10.6 Å². The molecule has 0 radical (unpaired) electrons. The first-order chi connectivity index (χ1) is 13.3. The van der Waals surface area contributed by atoms with Crippen molar-refractivity contribution in [3.05, 3.63) is 65.5 Å². The first-order valence-electron chi connectivity index (χ1n) is 9.45. The van der Waals surface area contributed by atoms with Gasteiger partial charge >= 0.3 is 0 Å². The highest BCUT2D eigenvalue weighted by atomic mass is 127. The second kappa shape index (κ2) is 11.6. The van der Waals surface area contributed by atoms with Crippen LogP contribution >= 0.6 is 24.0 Å². The third-order valence-electron chi connectivity index (χ3n) is 4.73. The minimum atomic E-state index is 0. The zero-order chi connectivity index (χ0) is 18.9. The summed E-state index contributed by atoms with van der Waals surface area (Å²) < 4.78 is 0. The number of carbonyl (C=O) groups excluding carboxylic acids is 1. The van der Waals surface area contributed by atoms with Crippen molar-refractivity contribution in [2.24, 2.45) is 4.99 Å². The van der Waals surface area contributed by atoms with Gasteiger partial charge in [0.2, 0.25) is 5.91 Å². The van der Waals surface area contributed by atoms with Crippen molar-refractivity contribution in [3.8, 4) is 0 Å². The maximum Gasteiger partial charge on any atom is 0.222 e. The van der Waals surface area contributed by atoms with Gasteiger partial charge in [0.15, 0.2) is 5.96 Å². The number of halogens is 1. The van der Waals surface area contributed by atoms with Gasteiger partial charge < -0.3 is 15.5 Å². The third kappa shape index (κ3) is 6.47. The number of carbonyl (C=O) groups is 1. The summed E-state index contributed by atoms with van der Waals surface area (Å²) in [4.78, 5) is 22.9. The predicted molar refractivity (Wildman–Crippen MR) is 123 cm³/mol. The molecule has 0 saturated carbocycles. The van der Waals surface area contributed by atoms with E-state index < -0.39 is 0 Å². The van der Waals surface area contributed by atoms with Crippen LogP contribution in [0.25, 0.3) is 0 Å². The lowest BCUT2D eigenvalue weighted by Gasteiger charge is -2.29. The Kier molecular flexibility index (Phi) is 9.19. The molecule has 2 heterocycles. The molecule has 1 aliphatic rings. The number of amides is 1. The van der Waals surface area contributed by atoms with Gasteiger partial charge in [-0.05, 0) is 36.1 Å². The molecular formula is C21H28IN5O. The van der Waals surface area contributed by atoms with E-state index >= 15 is 0 Å². The first-order valence-corrected chi connectivity index (χ1v) is 9.45. The van der Waals surface area contributed by atoms with Gasteiger partial charge in [-0.25, -0.2) is 0 Å². The van der Waals surface area contributed by atoms with Crippen LogP contribution in [0, 0.1) is 0 Å². The molecule has 0 bridgehead atoms. The monoisotopic (exact) mass is 493 g/mol. The van der Waals surface area contributed by atoms with Crippen molar-refractivity contribution in [1.82, 2.24) is 20.5 Å². The van der Waals surface area contributed by atoms with Crippen molar-refractivity contribution in [2.45, 2.75) is 32.4 Å². The highest BCUT2D eigenvalue weighted by molar-refractivity contribution is 14.0. The van der Waals surface area contributed by atoms with Crippen molar-refractivity contribution in [2.75, 3.05) is 20.1 Å². The van der Waals surface area contributed by atoms with Gasteiger partial charge in [0, 0.05) is 39.3 Å². The van der Waals surface area contributed by atoms with Gasteiger partial charge in [-0.1, -0.05) is 30.3 Å². The number of hydrogen-bond acceptors (Lipinski definition) is 3. The van der Waals surface area contributed by atoms with Gasteiger partial charge in [0.1, 0.15) is 0 Å². The molecule has 1 amide bonds. The van der Waals surface area contributed by atoms with Gasteiger partial charge in [-0.2, -0.15) is 0 Å². The highest BCUT2D eigenvalue weighted by Crippen LogP contribution is 2.19. The minimum absolute atomic E-state index is 0. The van der Waals surface area contributed by atoms with E-state index in [4.69, 9.17) is 0 Å². The van der Waals surface area contributed by atoms with Gasteiger partial charge in [-0.3, -0.25) is 14.8 Å². The molecule has 150 valence electrons.